The highest BCUT2D eigenvalue weighted by molar-refractivity contribution is 6.31. The Morgan fingerprint density at radius 3 is 2.62 bits per heavy atom. The highest BCUT2D eigenvalue weighted by atomic mass is 35.5. The van der Waals surface area contributed by atoms with E-state index in [1.165, 1.54) is 6.42 Å². The zero-order chi connectivity index (χ0) is 22.5. The van der Waals surface area contributed by atoms with Crippen LogP contribution in [-0.4, -0.2) is 28.0 Å². The molecule has 2 heterocycles. The minimum atomic E-state index is -1.08. The van der Waals surface area contributed by atoms with Crippen LogP contribution in [0.25, 0.3) is 10.9 Å². The third-order valence-electron chi connectivity index (χ3n) is 7.03. The van der Waals surface area contributed by atoms with Gasteiger partial charge in [0.2, 0.25) is 5.91 Å². The van der Waals surface area contributed by atoms with Crippen LogP contribution in [-0.2, 0) is 11.3 Å². The molecule has 2 aliphatic rings. The highest BCUT2D eigenvalue weighted by Gasteiger charge is 2.49. The number of nitrogens with one attached hydrogen (secondary N) is 1. The molecule has 0 radical (unpaired) electrons. The van der Waals surface area contributed by atoms with Gasteiger partial charge < -0.3 is 9.88 Å². The van der Waals surface area contributed by atoms with Gasteiger partial charge in [-0.1, -0.05) is 55.1 Å². The fraction of sp³-hybridized carbons (Fsp3) is 0.385. The van der Waals surface area contributed by atoms with Gasteiger partial charge in [-0.05, 0) is 56.5 Å². The van der Waals surface area contributed by atoms with Gasteiger partial charge in [-0.3, -0.25) is 14.5 Å². The normalized spacial score (nSPS) is 21.6. The van der Waals surface area contributed by atoms with Crippen molar-refractivity contribution in [2.45, 2.75) is 64.1 Å². The summed E-state index contributed by atoms with van der Waals surface area (Å²) in [5.41, 5.74) is 2.06. The van der Waals surface area contributed by atoms with E-state index < -0.39 is 5.54 Å². The molecule has 1 aliphatic carbocycles. The van der Waals surface area contributed by atoms with Gasteiger partial charge >= 0.3 is 0 Å². The number of fused-ring (bicyclic) bond motifs is 3. The zero-order valence-corrected chi connectivity index (χ0v) is 19.3. The van der Waals surface area contributed by atoms with Crippen molar-refractivity contribution < 1.29 is 9.59 Å². The number of rotatable bonds is 3. The average Bonchev–Trinajstić information content (AvgIpc) is 3.15. The molecular formula is C26H28ClN3O2. The van der Waals surface area contributed by atoms with Crippen molar-refractivity contribution in [3.63, 3.8) is 0 Å². The molecule has 32 heavy (non-hydrogen) atoms. The Bertz CT molecular complexity index is 1210. The summed E-state index contributed by atoms with van der Waals surface area (Å²) < 4.78 is 1.99. The van der Waals surface area contributed by atoms with Gasteiger partial charge in [0, 0.05) is 27.7 Å². The van der Waals surface area contributed by atoms with E-state index in [0.29, 0.717) is 22.9 Å². The summed E-state index contributed by atoms with van der Waals surface area (Å²) in [6.45, 7) is 4.20. The fourth-order valence-electron chi connectivity index (χ4n) is 5.24. The molecule has 0 unspecified atom stereocenters. The number of carbonyl (C=O) groups is 2. The minimum Gasteiger partial charge on any atom is -0.351 e. The number of hydrogen-bond donors (Lipinski definition) is 1. The number of anilines is 1. The van der Waals surface area contributed by atoms with Crippen LogP contribution in [0.1, 0.15) is 55.1 Å². The van der Waals surface area contributed by atoms with Crippen LogP contribution in [0.3, 0.4) is 0 Å². The molecule has 1 N–H and O–H groups in total. The number of benzene rings is 2. The SMILES string of the molecule is Cc1ccc(Cl)cc1N1C(=O)c2cc3ccccc3n2C[C@@]1(C)C(=O)NC1CCCCC1. The third kappa shape index (κ3) is 3.39. The maximum absolute atomic E-state index is 13.9. The number of para-hydroxylation sites is 1. The van der Waals surface area contributed by atoms with Crippen LogP contribution >= 0.6 is 11.6 Å². The fourth-order valence-corrected chi connectivity index (χ4v) is 5.40. The van der Waals surface area contributed by atoms with E-state index in [2.05, 4.69) is 5.32 Å². The van der Waals surface area contributed by atoms with Gasteiger partial charge in [0.1, 0.15) is 11.2 Å². The van der Waals surface area contributed by atoms with Crippen molar-refractivity contribution in [1.82, 2.24) is 9.88 Å². The maximum Gasteiger partial charge on any atom is 0.275 e. The minimum absolute atomic E-state index is 0.111. The summed E-state index contributed by atoms with van der Waals surface area (Å²) in [6.07, 6.45) is 5.45. The molecule has 5 rings (SSSR count). The van der Waals surface area contributed by atoms with E-state index in [1.54, 1.807) is 11.0 Å². The zero-order valence-electron chi connectivity index (χ0n) is 18.5. The molecule has 1 aliphatic heterocycles. The number of aromatic nitrogens is 1. The second-order valence-electron chi connectivity index (χ2n) is 9.33. The van der Waals surface area contributed by atoms with Crippen molar-refractivity contribution in [3.8, 4) is 0 Å². The van der Waals surface area contributed by atoms with Crippen LogP contribution in [0.4, 0.5) is 5.69 Å². The van der Waals surface area contributed by atoms with E-state index in [9.17, 15) is 9.59 Å². The molecule has 5 nitrogen and oxygen atoms in total. The van der Waals surface area contributed by atoms with E-state index in [1.807, 2.05) is 60.9 Å². The molecule has 2 aromatic carbocycles. The third-order valence-corrected chi connectivity index (χ3v) is 7.27. The van der Waals surface area contributed by atoms with Crippen LogP contribution in [0.5, 0.6) is 0 Å². The average molecular weight is 450 g/mol. The molecular weight excluding hydrogens is 422 g/mol. The molecule has 0 saturated heterocycles. The summed E-state index contributed by atoms with van der Waals surface area (Å²) in [5.74, 6) is -0.292. The number of hydrogen-bond acceptors (Lipinski definition) is 2. The molecule has 6 heteroatoms. The smallest absolute Gasteiger partial charge is 0.275 e. The maximum atomic E-state index is 13.9. The van der Waals surface area contributed by atoms with E-state index in [-0.39, 0.29) is 17.9 Å². The van der Waals surface area contributed by atoms with Crippen molar-refractivity contribution in [3.05, 3.63) is 64.8 Å². The van der Waals surface area contributed by atoms with E-state index >= 15 is 0 Å². The first-order valence-electron chi connectivity index (χ1n) is 11.4. The molecule has 1 atom stereocenters. The molecule has 3 aromatic rings. The van der Waals surface area contributed by atoms with Crippen LogP contribution in [0.15, 0.2) is 48.5 Å². The van der Waals surface area contributed by atoms with Gasteiger partial charge in [0.05, 0.1) is 6.54 Å². The number of aryl methyl sites for hydroxylation is 1. The van der Waals surface area contributed by atoms with Gasteiger partial charge in [-0.25, -0.2) is 0 Å². The lowest BCUT2D eigenvalue weighted by Crippen LogP contribution is -2.65. The summed E-state index contributed by atoms with van der Waals surface area (Å²) in [4.78, 5) is 29.4. The van der Waals surface area contributed by atoms with Crippen LogP contribution < -0.4 is 10.2 Å². The standard InChI is InChI=1S/C26H28ClN3O2/c1-17-12-13-19(27)15-22(17)30-24(31)23-14-18-8-6-7-11-21(18)29(23)16-26(30,2)25(32)28-20-9-4-3-5-10-20/h6-8,11-15,20H,3-5,9-10,16H2,1-2H3,(H,28,32)/t26-/m0/s1. The molecule has 1 saturated carbocycles. The molecule has 2 amide bonds. The first kappa shape index (κ1) is 21.1. The monoisotopic (exact) mass is 449 g/mol. The quantitative estimate of drug-likeness (QED) is 0.576. The number of halogens is 1. The van der Waals surface area contributed by atoms with Crippen molar-refractivity contribution in [2.75, 3.05) is 4.90 Å². The first-order chi connectivity index (χ1) is 15.4. The van der Waals surface area contributed by atoms with Gasteiger partial charge in [-0.15, -0.1) is 0 Å². The summed E-state index contributed by atoms with van der Waals surface area (Å²) in [6, 6.07) is 15.5. The lowest BCUT2D eigenvalue weighted by atomic mass is 9.90. The lowest BCUT2D eigenvalue weighted by molar-refractivity contribution is -0.127. The highest BCUT2D eigenvalue weighted by Crippen LogP contribution is 2.38. The number of nitrogens with zero attached hydrogens (tertiary/aromatic N) is 2. The largest absolute Gasteiger partial charge is 0.351 e. The predicted molar refractivity (Wildman–Crippen MR) is 128 cm³/mol. The van der Waals surface area contributed by atoms with Crippen LogP contribution in [0.2, 0.25) is 5.02 Å². The number of carbonyl (C=O) groups excluding carboxylic acids is 2. The molecule has 166 valence electrons. The van der Waals surface area contributed by atoms with Crippen molar-refractivity contribution in [2.24, 2.45) is 0 Å². The molecule has 0 bridgehead atoms. The Hall–Kier alpha value is -2.79. The van der Waals surface area contributed by atoms with E-state index in [0.717, 1.165) is 42.1 Å². The lowest BCUT2D eigenvalue weighted by Gasteiger charge is -2.45. The Morgan fingerprint density at radius 1 is 1.09 bits per heavy atom. The van der Waals surface area contributed by atoms with Gasteiger partial charge in [-0.2, -0.15) is 0 Å². The molecule has 0 spiro atoms. The summed E-state index contributed by atoms with van der Waals surface area (Å²) in [5, 5.41) is 4.81. The van der Waals surface area contributed by atoms with Crippen molar-refractivity contribution >= 4 is 40.0 Å². The molecule has 1 aromatic heterocycles. The Kier molecular flexibility index (Phi) is 5.25. The topological polar surface area (TPSA) is 54.3 Å². The first-order valence-corrected chi connectivity index (χ1v) is 11.8. The van der Waals surface area contributed by atoms with Gasteiger partial charge in [0.25, 0.3) is 5.91 Å². The summed E-state index contributed by atoms with van der Waals surface area (Å²) >= 11 is 6.33. The Morgan fingerprint density at radius 2 is 1.84 bits per heavy atom. The van der Waals surface area contributed by atoms with Crippen LogP contribution in [0, 0.1) is 6.92 Å². The predicted octanol–water partition coefficient (Wildman–Crippen LogP) is 5.47. The summed E-state index contributed by atoms with van der Waals surface area (Å²) in [7, 11) is 0. The second kappa shape index (κ2) is 7.96. The second-order valence-corrected chi connectivity index (χ2v) is 9.76. The van der Waals surface area contributed by atoms with Gasteiger partial charge in [0.15, 0.2) is 0 Å². The number of amides is 2. The van der Waals surface area contributed by atoms with E-state index in [4.69, 9.17) is 11.6 Å². The molecule has 1 fully saturated rings. The Balaban J connectivity index is 1.64. The Labute approximate surface area is 193 Å². The van der Waals surface area contributed by atoms with Crippen molar-refractivity contribution in [1.29, 1.82) is 0 Å².